The Morgan fingerprint density at radius 1 is 1.08 bits per heavy atom. The van der Waals surface area contributed by atoms with Crippen LogP contribution in [0.25, 0.3) is 0 Å². The average molecular weight is 350 g/mol. The van der Waals surface area contributed by atoms with Crippen LogP contribution < -0.4 is 4.90 Å². The number of alkyl halides is 3. The van der Waals surface area contributed by atoms with E-state index in [0.29, 0.717) is 26.2 Å². The Morgan fingerprint density at radius 2 is 1.76 bits per heavy atom. The largest absolute Gasteiger partial charge is 0.417 e. The van der Waals surface area contributed by atoms with Crippen LogP contribution in [0, 0.1) is 6.92 Å². The fourth-order valence-corrected chi connectivity index (χ4v) is 2.84. The number of aryl methyl sites for hydroxylation is 1. The van der Waals surface area contributed by atoms with E-state index in [2.05, 4.69) is 9.97 Å². The van der Waals surface area contributed by atoms with E-state index in [1.54, 1.807) is 0 Å². The number of piperazine rings is 1. The number of nitrogens with zero attached hydrogens (tertiary/aromatic N) is 4. The van der Waals surface area contributed by atoms with Crippen molar-refractivity contribution in [3.05, 3.63) is 53.5 Å². The Labute approximate surface area is 143 Å². The van der Waals surface area contributed by atoms with Gasteiger partial charge in [-0.2, -0.15) is 13.2 Å². The van der Waals surface area contributed by atoms with Crippen LogP contribution >= 0.6 is 0 Å². The highest BCUT2D eigenvalue weighted by atomic mass is 19.4. The van der Waals surface area contributed by atoms with Gasteiger partial charge in [0.25, 0.3) is 5.91 Å². The minimum absolute atomic E-state index is 0.304. The van der Waals surface area contributed by atoms with Gasteiger partial charge < -0.3 is 9.80 Å². The van der Waals surface area contributed by atoms with E-state index in [1.165, 1.54) is 29.4 Å². The molecule has 0 saturated carbocycles. The fraction of sp³-hybridized carbons (Fsp3) is 0.353. The first kappa shape index (κ1) is 17.2. The van der Waals surface area contributed by atoms with Crippen molar-refractivity contribution >= 4 is 11.7 Å². The number of rotatable bonds is 2. The van der Waals surface area contributed by atoms with E-state index in [4.69, 9.17) is 0 Å². The van der Waals surface area contributed by atoms with Crippen molar-refractivity contribution in [3.8, 4) is 0 Å². The zero-order valence-electron chi connectivity index (χ0n) is 13.6. The molecule has 0 unspecified atom stereocenters. The van der Waals surface area contributed by atoms with Gasteiger partial charge in [-0.3, -0.25) is 4.79 Å². The number of carbonyl (C=O) groups excluding carboxylic acids is 1. The third-order valence-electron chi connectivity index (χ3n) is 4.14. The van der Waals surface area contributed by atoms with E-state index in [-0.39, 0.29) is 5.56 Å². The molecule has 1 aliphatic rings. The lowest BCUT2D eigenvalue weighted by atomic mass is 10.1. The highest BCUT2D eigenvalue weighted by Gasteiger charge is 2.36. The van der Waals surface area contributed by atoms with Crippen LogP contribution in [0.15, 0.2) is 36.7 Å². The molecule has 0 spiro atoms. The molecule has 0 bridgehead atoms. The minimum Gasteiger partial charge on any atom is -0.353 e. The zero-order valence-corrected chi connectivity index (χ0v) is 13.6. The van der Waals surface area contributed by atoms with Crippen LogP contribution in [-0.4, -0.2) is 47.0 Å². The van der Waals surface area contributed by atoms with Crippen molar-refractivity contribution in [2.24, 2.45) is 0 Å². The fourth-order valence-electron chi connectivity index (χ4n) is 2.84. The third kappa shape index (κ3) is 3.72. The Morgan fingerprint density at radius 3 is 2.40 bits per heavy atom. The van der Waals surface area contributed by atoms with Gasteiger partial charge in [-0.05, 0) is 19.1 Å². The summed E-state index contributed by atoms with van der Waals surface area (Å²) in [5.41, 5.74) is -0.363. The van der Waals surface area contributed by atoms with Gasteiger partial charge in [0, 0.05) is 37.9 Å². The molecule has 5 nitrogen and oxygen atoms in total. The average Bonchev–Trinajstić information content (AvgIpc) is 2.60. The van der Waals surface area contributed by atoms with Gasteiger partial charge in [-0.15, -0.1) is 0 Å². The molecule has 1 saturated heterocycles. The van der Waals surface area contributed by atoms with Crippen LogP contribution in [0.5, 0.6) is 0 Å². The van der Waals surface area contributed by atoms with Crippen molar-refractivity contribution in [1.82, 2.24) is 14.9 Å². The summed E-state index contributed by atoms with van der Waals surface area (Å²) in [6, 6.07) is 6.74. The van der Waals surface area contributed by atoms with Gasteiger partial charge in [0.15, 0.2) is 0 Å². The van der Waals surface area contributed by atoms with Gasteiger partial charge >= 0.3 is 6.18 Å². The normalized spacial score (nSPS) is 15.4. The summed E-state index contributed by atoms with van der Waals surface area (Å²) in [4.78, 5) is 24.2. The predicted molar refractivity (Wildman–Crippen MR) is 86.3 cm³/mol. The number of carbonyl (C=O) groups is 1. The molecular formula is C17H17F3N4O. The maximum Gasteiger partial charge on any atom is 0.417 e. The number of benzene rings is 1. The second-order valence-electron chi connectivity index (χ2n) is 5.84. The third-order valence-corrected chi connectivity index (χ3v) is 4.14. The minimum atomic E-state index is -4.55. The molecular weight excluding hydrogens is 333 g/mol. The van der Waals surface area contributed by atoms with Gasteiger partial charge in [-0.25, -0.2) is 9.97 Å². The second kappa shape index (κ2) is 6.70. The predicted octanol–water partition coefficient (Wildman–Crippen LogP) is 2.77. The Bertz CT molecular complexity index is 770. The number of anilines is 1. The maximum atomic E-state index is 13.1. The SMILES string of the molecule is Cc1cc(N2CCN(C(=O)c3ccccc3C(F)(F)F)CC2)ncn1. The quantitative estimate of drug-likeness (QED) is 0.836. The van der Waals surface area contributed by atoms with Crippen LogP contribution in [0.1, 0.15) is 21.6 Å². The number of hydrogen-bond acceptors (Lipinski definition) is 4. The van der Waals surface area contributed by atoms with E-state index in [9.17, 15) is 18.0 Å². The molecule has 0 radical (unpaired) electrons. The zero-order chi connectivity index (χ0) is 18.0. The molecule has 132 valence electrons. The molecule has 1 aromatic carbocycles. The van der Waals surface area contributed by atoms with Gasteiger partial charge in [0.1, 0.15) is 12.1 Å². The molecule has 0 N–H and O–H groups in total. The molecule has 1 amide bonds. The van der Waals surface area contributed by atoms with Crippen LogP contribution in [0.3, 0.4) is 0 Å². The number of halogens is 3. The lowest BCUT2D eigenvalue weighted by Gasteiger charge is -2.35. The van der Waals surface area contributed by atoms with Crippen molar-refractivity contribution in [3.63, 3.8) is 0 Å². The number of hydrogen-bond donors (Lipinski definition) is 0. The summed E-state index contributed by atoms with van der Waals surface area (Å²) in [5, 5.41) is 0. The Balaban J connectivity index is 1.72. The molecule has 0 atom stereocenters. The van der Waals surface area contributed by atoms with Crippen molar-refractivity contribution < 1.29 is 18.0 Å². The smallest absolute Gasteiger partial charge is 0.353 e. The monoisotopic (exact) mass is 350 g/mol. The van der Waals surface area contributed by atoms with Gasteiger partial charge in [-0.1, -0.05) is 12.1 Å². The number of aromatic nitrogens is 2. The second-order valence-corrected chi connectivity index (χ2v) is 5.84. The lowest BCUT2D eigenvalue weighted by molar-refractivity contribution is -0.138. The van der Waals surface area contributed by atoms with Gasteiger partial charge in [0.05, 0.1) is 11.1 Å². The Hall–Kier alpha value is -2.64. The first-order valence-corrected chi connectivity index (χ1v) is 7.85. The van der Waals surface area contributed by atoms with E-state index in [0.717, 1.165) is 17.6 Å². The Kier molecular flexibility index (Phi) is 4.61. The molecule has 8 heteroatoms. The summed E-state index contributed by atoms with van der Waals surface area (Å²) in [7, 11) is 0. The van der Waals surface area contributed by atoms with Crippen LogP contribution in [0.4, 0.5) is 19.0 Å². The molecule has 1 aliphatic heterocycles. The van der Waals surface area contributed by atoms with Gasteiger partial charge in [0.2, 0.25) is 0 Å². The molecule has 25 heavy (non-hydrogen) atoms. The summed E-state index contributed by atoms with van der Waals surface area (Å²) >= 11 is 0. The van der Waals surface area contributed by atoms with Crippen LogP contribution in [-0.2, 0) is 6.18 Å². The van der Waals surface area contributed by atoms with Crippen molar-refractivity contribution in [1.29, 1.82) is 0 Å². The first-order valence-electron chi connectivity index (χ1n) is 7.85. The maximum absolute atomic E-state index is 13.1. The molecule has 0 aliphatic carbocycles. The molecule has 1 aromatic heterocycles. The summed E-state index contributed by atoms with van der Waals surface area (Å²) < 4.78 is 39.3. The summed E-state index contributed by atoms with van der Waals surface area (Å²) in [6.45, 7) is 3.56. The standard InChI is InChI=1S/C17H17F3N4O/c1-12-10-15(22-11-21-12)23-6-8-24(9-7-23)16(25)13-4-2-3-5-14(13)17(18,19)20/h2-5,10-11H,6-9H2,1H3. The highest BCUT2D eigenvalue weighted by molar-refractivity contribution is 5.96. The topological polar surface area (TPSA) is 49.3 Å². The van der Waals surface area contributed by atoms with E-state index < -0.39 is 17.6 Å². The summed E-state index contributed by atoms with van der Waals surface area (Å²) in [5.74, 6) is 0.168. The lowest BCUT2D eigenvalue weighted by Crippen LogP contribution is -2.49. The molecule has 2 aromatic rings. The first-order chi connectivity index (χ1) is 11.9. The van der Waals surface area contributed by atoms with E-state index >= 15 is 0 Å². The molecule has 2 heterocycles. The molecule has 1 fully saturated rings. The van der Waals surface area contributed by atoms with Crippen molar-refractivity contribution in [2.45, 2.75) is 13.1 Å². The number of amides is 1. The summed E-state index contributed by atoms with van der Waals surface area (Å²) in [6.07, 6.45) is -3.08. The molecule has 3 rings (SSSR count). The van der Waals surface area contributed by atoms with Crippen LogP contribution in [0.2, 0.25) is 0 Å². The highest BCUT2D eigenvalue weighted by Crippen LogP contribution is 2.32. The van der Waals surface area contributed by atoms with Crippen molar-refractivity contribution in [2.75, 3.05) is 31.1 Å². The van der Waals surface area contributed by atoms with E-state index in [1.807, 2.05) is 17.9 Å².